The Hall–Kier alpha value is -2.07. The number of rotatable bonds is 3. The van der Waals surface area contributed by atoms with E-state index in [1.807, 2.05) is 13.8 Å². The molecule has 0 radical (unpaired) electrons. The van der Waals surface area contributed by atoms with E-state index in [9.17, 15) is 10.1 Å². The molecule has 0 aromatic carbocycles. The molecular weight excluding hydrogens is 336 g/mol. The monoisotopic (exact) mass is 358 g/mol. The second kappa shape index (κ2) is 6.34. The van der Waals surface area contributed by atoms with Crippen molar-refractivity contribution in [3.05, 3.63) is 22.6 Å². The third-order valence-electron chi connectivity index (χ3n) is 5.70. The number of hydrogen-bond acceptors (Lipinski definition) is 6. The first-order chi connectivity index (χ1) is 12.1. The lowest BCUT2D eigenvalue weighted by atomic mass is 10.0. The Morgan fingerprint density at radius 1 is 1.36 bits per heavy atom. The second-order valence-corrected chi connectivity index (χ2v) is 8.01. The third-order valence-corrected chi connectivity index (χ3v) is 6.70. The topological polar surface area (TPSA) is 78.3 Å². The number of carbonyl (C=O) groups excluding carboxylic acids is 1. The molecule has 2 atom stereocenters. The number of anilines is 1. The Balaban J connectivity index is 1.37. The van der Waals surface area contributed by atoms with Gasteiger partial charge in [0.25, 0.3) is 5.91 Å². The first kappa shape index (κ1) is 16.4. The summed E-state index contributed by atoms with van der Waals surface area (Å²) in [4.78, 5) is 14.7. The zero-order valence-electron chi connectivity index (χ0n) is 14.5. The van der Waals surface area contributed by atoms with Crippen LogP contribution in [0, 0.1) is 30.1 Å². The van der Waals surface area contributed by atoms with Crippen molar-refractivity contribution in [2.45, 2.75) is 39.2 Å². The lowest BCUT2D eigenvalue weighted by molar-refractivity contribution is -0.118. The van der Waals surface area contributed by atoms with Gasteiger partial charge >= 0.3 is 0 Å². The van der Waals surface area contributed by atoms with Crippen LogP contribution in [0.2, 0.25) is 0 Å². The van der Waals surface area contributed by atoms with Crippen LogP contribution in [0.3, 0.4) is 0 Å². The fourth-order valence-corrected chi connectivity index (χ4v) is 5.27. The molecule has 0 bridgehead atoms. The van der Waals surface area contributed by atoms with E-state index in [0.29, 0.717) is 24.9 Å². The number of nitrogens with zero attached hydrogens (tertiary/aromatic N) is 3. The maximum Gasteiger partial charge on any atom is 0.250 e. The number of aryl methyl sites for hydroxylation is 1. The number of amides is 1. The molecule has 132 valence electrons. The van der Waals surface area contributed by atoms with Gasteiger partial charge < -0.3 is 15.0 Å². The quantitative estimate of drug-likeness (QED) is 0.897. The van der Waals surface area contributed by atoms with Gasteiger partial charge in [0.1, 0.15) is 22.4 Å². The van der Waals surface area contributed by atoms with Gasteiger partial charge in [0.05, 0.1) is 17.9 Å². The van der Waals surface area contributed by atoms with Crippen LogP contribution in [-0.2, 0) is 9.53 Å². The highest BCUT2D eigenvalue weighted by atomic mass is 32.1. The van der Waals surface area contributed by atoms with Crippen LogP contribution < -0.4 is 10.2 Å². The summed E-state index contributed by atoms with van der Waals surface area (Å²) < 4.78 is 9.73. The van der Waals surface area contributed by atoms with E-state index in [1.54, 1.807) is 0 Å². The van der Waals surface area contributed by atoms with Crippen LogP contribution >= 0.6 is 11.5 Å². The van der Waals surface area contributed by atoms with Gasteiger partial charge in [-0.2, -0.15) is 9.64 Å². The Morgan fingerprint density at radius 2 is 2.08 bits per heavy atom. The molecule has 3 aliphatic rings. The molecule has 6 nitrogen and oxygen atoms in total. The van der Waals surface area contributed by atoms with E-state index in [-0.39, 0.29) is 11.9 Å². The van der Waals surface area contributed by atoms with Gasteiger partial charge in [-0.1, -0.05) is 0 Å². The molecule has 4 rings (SSSR count). The summed E-state index contributed by atoms with van der Waals surface area (Å²) in [6.45, 7) is 6.29. The van der Waals surface area contributed by atoms with E-state index in [4.69, 9.17) is 4.74 Å². The normalized spacial score (nSPS) is 28.0. The molecule has 1 saturated carbocycles. The van der Waals surface area contributed by atoms with Crippen molar-refractivity contribution in [1.82, 2.24) is 9.69 Å². The van der Waals surface area contributed by atoms with Crippen LogP contribution in [0.25, 0.3) is 0 Å². The number of hydrogen-bond donors (Lipinski definition) is 1. The number of allylic oxidation sites excluding steroid dienone is 1. The van der Waals surface area contributed by atoms with E-state index in [0.717, 1.165) is 53.5 Å². The molecule has 1 N–H and O–H groups in total. The number of aromatic nitrogens is 1. The van der Waals surface area contributed by atoms with Gasteiger partial charge in [-0.05, 0) is 50.1 Å². The lowest BCUT2D eigenvalue weighted by Gasteiger charge is -2.20. The standard InChI is InChI=1S/C18H22N4O2S/c1-10-16(7-19)18(25-21-10)22-8-12-5-14(6-13(12)9-22)20-17(23)15-3-4-24-11(15)2/h12-14H,3-6,8-9H2,1-2H3,(H,20,23). The number of fused-ring (bicyclic) bond motifs is 1. The summed E-state index contributed by atoms with van der Waals surface area (Å²) in [5, 5.41) is 13.6. The molecule has 2 aliphatic heterocycles. The molecule has 3 heterocycles. The van der Waals surface area contributed by atoms with Crippen molar-refractivity contribution in [1.29, 1.82) is 5.26 Å². The van der Waals surface area contributed by atoms with Crippen molar-refractivity contribution in [3.8, 4) is 6.07 Å². The summed E-state index contributed by atoms with van der Waals surface area (Å²) >= 11 is 1.43. The van der Waals surface area contributed by atoms with Crippen LogP contribution in [0.1, 0.15) is 37.4 Å². The molecule has 1 aromatic heterocycles. The van der Waals surface area contributed by atoms with Crippen LogP contribution in [0.5, 0.6) is 0 Å². The van der Waals surface area contributed by atoms with Gasteiger partial charge in [0.2, 0.25) is 0 Å². The summed E-state index contributed by atoms with van der Waals surface area (Å²) in [5.74, 6) is 1.97. The third kappa shape index (κ3) is 2.89. The van der Waals surface area contributed by atoms with Crippen LogP contribution in [0.15, 0.2) is 11.3 Å². The Bertz CT molecular complexity index is 765. The van der Waals surface area contributed by atoms with Crippen molar-refractivity contribution in [3.63, 3.8) is 0 Å². The number of nitrogens with one attached hydrogen (secondary N) is 1. The molecule has 2 unspecified atom stereocenters. The zero-order chi connectivity index (χ0) is 17.6. The van der Waals surface area contributed by atoms with Crippen molar-refractivity contribution in [2.75, 3.05) is 24.6 Å². The second-order valence-electron chi connectivity index (χ2n) is 7.26. The molecule has 1 saturated heterocycles. The highest BCUT2D eigenvalue weighted by Gasteiger charge is 2.42. The molecule has 25 heavy (non-hydrogen) atoms. The predicted molar refractivity (Wildman–Crippen MR) is 95.2 cm³/mol. The molecule has 0 spiro atoms. The Morgan fingerprint density at radius 3 is 2.68 bits per heavy atom. The molecular formula is C18H22N4O2S. The lowest BCUT2D eigenvalue weighted by Crippen LogP contribution is -2.35. The van der Waals surface area contributed by atoms with Gasteiger partial charge in [-0.25, -0.2) is 0 Å². The average Bonchev–Trinajstić information content (AvgIpc) is 3.30. The van der Waals surface area contributed by atoms with Gasteiger partial charge in [0.15, 0.2) is 0 Å². The zero-order valence-corrected chi connectivity index (χ0v) is 15.4. The summed E-state index contributed by atoms with van der Waals surface area (Å²) in [6, 6.07) is 2.54. The van der Waals surface area contributed by atoms with E-state index in [1.165, 1.54) is 11.5 Å². The summed E-state index contributed by atoms with van der Waals surface area (Å²) in [5.41, 5.74) is 2.35. The maximum absolute atomic E-state index is 12.4. The summed E-state index contributed by atoms with van der Waals surface area (Å²) in [6.07, 6.45) is 2.74. The minimum absolute atomic E-state index is 0.0432. The largest absolute Gasteiger partial charge is 0.497 e. The van der Waals surface area contributed by atoms with Gasteiger partial charge in [-0.15, -0.1) is 0 Å². The van der Waals surface area contributed by atoms with E-state index in [2.05, 4.69) is 20.7 Å². The first-order valence-electron chi connectivity index (χ1n) is 8.81. The maximum atomic E-state index is 12.4. The van der Waals surface area contributed by atoms with Gasteiger partial charge in [-0.3, -0.25) is 4.79 Å². The van der Waals surface area contributed by atoms with Crippen LogP contribution in [-0.4, -0.2) is 36.0 Å². The van der Waals surface area contributed by atoms with Crippen molar-refractivity contribution in [2.24, 2.45) is 11.8 Å². The minimum atomic E-state index is 0.0432. The number of nitriles is 1. The van der Waals surface area contributed by atoms with Gasteiger partial charge in [0, 0.05) is 25.6 Å². The summed E-state index contributed by atoms with van der Waals surface area (Å²) in [7, 11) is 0. The first-order valence-corrected chi connectivity index (χ1v) is 9.59. The fourth-order valence-electron chi connectivity index (χ4n) is 4.40. The highest BCUT2D eigenvalue weighted by Crippen LogP contribution is 2.42. The number of carbonyl (C=O) groups is 1. The minimum Gasteiger partial charge on any atom is -0.497 e. The fraction of sp³-hybridized carbons (Fsp3) is 0.611. The van der Waals surface area contributed by atoms with E-state index >= 15 is 0 Å². The predicted octanol–water partition coefficient (Wildman–Crippen LogP) is 2.35. The molecule has 2 fully saturated rings. The van der Waals surface area contributed by atoms with Crippen molar-refractivity contribution < 1.29 is 9.53 Å². The molecule has 1 amide bonds. The molecule has 1 aromatic rings. The Kier molecular flexibility index (Phi) is 4.16. The number of ether oxygens (including phenoxy) is 1. The van der Waals surface area contributed by atoms with E-state index < -0.39 is 0 Å². The molecule has 1 aliphatic carbocycles. The molecule has 7 heteroatoms. The van der Waals surface area contributed by atoms with Crippen LogP contribution in [0.4, 0.5) is 5.00 Å². The van der Waals surface area contributed by atoms with Crippen molar-refractivity contribution >= 4 is 22.4 Å². The SMILES string of the molecule is CC1=C(C(=O)NC2CC3CN(c4snc(C)c4C#N)CC3C2)CCO1. The highest BCUT2D eigenvalue weighted by molar-refractivity contribution is 7.10. The average molecular weight is 358 g/mol. The Labute approximate surface area is 151 Å². The smallest absolute Gasteiger partial charge is 0.250 e.